The van der Waals surface area contributed by atoms with Gasteiger partial charge in [-0.25, -0.2) is 4.79 Å². The van der Waals surface area contributed by atoms with Crippen LogP contribution in [0.4, 0.5) is 0 Å². The van der Waals surface area contributed by atoms with Crippen LogP contribution < -0.4 is 0 Å². The minimum absolute atomic E-state index is 0.288. The fourth-order valence-electron chi connectivity index (χ4n) is 3.63. The average molecular weight is 643 g/mol. The highest BCUT2D eigenvalue weighted by molar-refractivity contribution is 6.79. The molecule has 0 aromatic heterocycles. The van der Waals surface area contributed by atoms with Crippen molar-refractivity contribution in [3.05, 3.63) is 12.2 Å². The number of hydrogen-bond donors (Lipinski definition) is 0. The van der Waals surface area contributed by atoms with Crippen LogP contribution in [-0.2, 0) is 26.0 Å². The highest BCUT2D eigenvalue weighted by Gasteiger charge is 2.26. The fourth-order valence-corrected chi connectivity index (χ4v) is 29.1. The summed E-state index contributed by atoms with van der Waals surface area (Å²) in [6.07, 6.45) is 0.898. The molecule has 36 heavy (non-hydrogen) atoms. The lowest BCUT2D eigenvalue weighted by molar-refractivity contribution is -0.138. The van der Waals surface area contributed by atoms with Crippen LogP contribution in [0.3, 0.4) is 0 Å². The first-order valence-corrected chi connectivity index (χ1v) is 32.9. The first-order chi connectivity index (χ1) is 16.4. The predicted molar refractivity (Wildman–Crippen MR) is 178 cm³/mol. The number of esters is 1. The van der Waals surface area contributed by atoms with Gasteiger partial charge in [-0.2, -0.15) is 0 Å². The zero-order chi connectivity index (χ0) is 27.9. The predicted octanol–water partition coefficient (Wildman–Crippen LogP) is 4.02. The Morgan fingerprint density at radius 1 is 0.639 bits per heavy atom. The molecule has 0 heterocycles. The maximum absolute atomic E-state index is 11.4. The molecular formula is C22H58O6Si8. The van der Waals surface area contributed by atoms with Crippen LogP contribution in [0.15, 0.2) is 12.2 Å². The molecule has 0 aromatic rings. The highest BCUT2D eigenvalue weighted by atomic mass is 28.4. The molecule has 0 spiro atoms. The Balaban J connectivity index is 3.93. The second-order valence-corrected chi connectivity index (χ2v) is 38.1. The van der Waals surface area contributed by atoms with E-state index in [4.69, 9.17) is 21.2 Å². The molecule has 0 N–H and O–H groups in total. The maximum Gasteiger partial charge on any atom is 0.333 e. The molecule has 0 rings (SSSR count). The van der Waals surface area contributed by atoms with Gasteiger partial charge in [-0.15, -0.1) is 0 Å². The molecule has 0 fully saturated rings. The minimum Gasteiger partial charge on any atom is -0.462 e. The van der Waals surface area contributed by atoms with Crippen LogP contribution in [0.5, 0.6) is 0 Å². The number of carbonyl (C=O) groups is 1. The molecule has 0 amide bonds. The molecule has 0 aliphatic rings. The van der Waals surface area contributed by atoms with Gasteiger partial charge in [0.25, 0.3) is 0 Å². The Labute approximate surface area is 236 Å². The summed E-state index contributed by atoms with van der Waals surface area (Å²) in [5.41, 5.74) is 0.464. The van der Waals surface area contributed by atoms with E-state index in [0.29, 0.717) is 12.2 Å². The van der Waals surface area contributed by atoms with Gasteiger partial charge in [-0.1, -0.05) is 6.58 Å². The van der Waals surface area contributed by atoms with Crippen molar-refractivity contribution in [1.82, 2.24) is 0 Å². The third-order valence-electron chi connectivity index (χ3n) is 5.90. The molecule has 0 bridgehead atoms. The second-order valence-electron chi connectivity index (χ2n) is 12.7. The Morgan fingerprint density at radius 2 is 1.00 bits per heavy atom. The maximum atomic E-state index is 11.4. The van der Waals surface area contributed by atoms with Crippen LogP contribution in [0.2, 0.25) is 101 Å². The van der Waals surface area contributed by atoms with Crippen molar-refractivity contribution in [2.45, 2.75) is 115 Å². The zero-order valence-electron chi connectivity index (χ0n) is 25.3. The van der Waals surface area contributed by atoms with E-state index in [9.17, 15) is 4.79 Å². The summed E-state index contributed by atoms with van der Waals surface area (Å²) < 4.78 is 30.7. The minimum atomic E-state index is -1.58. The van der Waals surface area contributed by atoms with Crippen molar-refractivity contribution in [2.24, 2.45) is 0 Å². The first kappa shape index (κ1) is 36.8. The molecule has 0 aliphatic heterocycles. The second kappa shape index (κ2) is 18.2. The van der Waals surface area contributed by atoms with E-state index >= 15 is 0 Å². The van der Waals surface area contributed by atoms with E-state index in [1.54, 1.807) is 6.92 Å². The molecule has 0 atom stereocenters. The van der Waals surface area contributed by atoms with E-state index < -0.39 is 62.6 Å². The molecule has 0 saturated carbocycles. The Morgan fingerprint density at radius 3 is 1.36 bits per heavy atom. The van der Waals surface area contributed by atoms with Crippen molar-refractivity contribution in [2.75, 3.05) is 6.61 Å². The summed E-state index contributed by atoms with van der Waals surface area (Å²) in [6.45, 7) is 26.9. The van der Waals surface area contributed by atoms with E-state index in [1.165, 1.54) is 36.3 Å². The summed E-state index contributed by atoms with van der Waals surface area (Å²) in [6, 6.07) is 8.58. The van der Waals surface area contributed by atoms with Gasteiger partial charge in [0.05, 0.1) is 6.61 Å². The zero-order valence-corrected chi connectivity index (χ0v) is 35.0. The molecule has 0 aliphatic carbocycles. The quantitative estimate of drug-likeness (QED) is 0.0770. The topological polar surface area (TPSA) is 63.2 Å². The van der Waals surface area contributed by atoms with E-state index in [1.807, 2.05) is 0 Å². The molecule has 214 valence electrons. The molecule has 0 unspecified atom stereocenters. The number of ether oxygens (including phenoxy) is 1. The number of rotatable bonds is 22. The SMILES string of the molecule is C=C(C)C(=O)OCCC[SiH2]O[Si](C)(C)CC[SiH2]O[Si](C)(C)CC[SiH2]O[Si](C)(C)CC[SiH2]O[Si](C)(C)C. The lowest BCUT2D eigenvalue weighted by atomic mass is 10.4. The van der Waals surface area contributed by atoms with Gasteiger partial charge < -0.3 is 21.2 Å². The number of hydrogen-bond acceptors (Lipinski definition) is 6. The van der Waals surface area contributed by atoms with Crippen molar-refractivity contribution >= 4 is 78.3 Å². The average Bonchev–Trinajstić information content (AvgIpc) is 2.73. The molecule has 14 heteroatoms. The normalized spacial score (nSPS) is 14.5. The van der Waals surface area contributed by atoms with Gasteiger partial charge in [0, 0.05) is 5.57 Å². The van der Waals surface area contributed by atoms with Gasteiger partial charge in [0.2, 0.25) is 0 Å². The van der Waals surface area contributed by atoms with Gasteiger partial charge in [-0.05, 0) is 115 Å². The van der Waals surface area contributed by atoms with Crippen LogP contribution in [0.25, 0.3) is 0 Å². The Kier molecular flexibility index (Phi) is 18.6. The smallest absolute Gasteiger partial charge is 0.333 e. The molecule has 0 saturated heterocycles. The van der Waals surface area contributed by atoms with Crippen LogP contribution in [0.1, 0.15) is 13.3 Å². The fraction of sp³-hybridized carbons (Fsp3) is 0.864. The van der Waals surface area contributed by atoms with Crippen molar-refractivity contribution in [3.8, 4) is 0 Å². The summed E-state index contributed by atoms with van der Waals surface area (Å²) in [5.74, 6) is -0.288. The van der Waals surface area contributed by atoms with E-state index in [-0.39, 0.29) is 15.7 Å². The van der Waals surface area contributed by atoms with Gasteiger partial charge in [-0.3, -0.25) is 0 Å². The third kappa shape index (κ3) is 22.7. The summed E-state index contributed by atoms with van der Waals surface area (Å²) >= 11 is 0. The largest absolute Gasteiger partial charge is 0.462 e. The third-order valence-corrected chi connectivity index (χ3v) is 31.5. The first-order valence-electron chi connectivity index (χ1n) is 13.8. The van der Waals surface area contributed by atoms with Gasteiger partial charge >= 0.3 is 5.97 Å². The van der Waals surface area contributed by atoms with E-state index in [2.05, 4.69) is 65.5 Å². The monoisotopic (exact) mass is 642 g/mol. The molecule has 0 aromatic carbocycles. The molecular weight excluding hydrogens is 585 g/mol. The van der Waals surface area contributed by atoms with Crippen molar-refractivity contribution in [1.29, 1.82) is 0 Å². The van der Waals surface area contributed by atoms with Crippen molar-refractivity contribution in [3.63, 3.8) is 0 Å². The Bertz CT molecular complexity index is 641. The number of carbonyl (C=O) groups excluding carboxylic acids is 1. The van der Waals surface area contributed by atoms with Crippen LogP contribution >= 0.6 is 0 Å². The molecule has 0 radical (unpaired) electrons. The Hall–Kier alpha value is 0.785. The van der Waals surface area contributed by atoms with Gasteiger partial charge in [0.15, 0.2) is 33.3 Å². The molecule has 6 nitrogen and oxygen atoms in total. The summed E-state index contributed by atoms with van der Waals surface area (Å²) in [5, 5.41) is 0. The summed E-state index contributed by atoms with van der Waals surface area (Å²) in [4.78, 5) is 11.4. The van der Waals surface area contributed by atoms with Gasteiger partial charge in [0.1, 0.15) is 39.1 Å². The van der Waals surface area contributed by atoms with Crippen LogP contribution in [-0.4, -0.2) is 84.9 Å². The van der Waals surface area contributed by atoms with E-state index in [0.717, 1.165) is 12.5 Å². The highest BCUT2D eigenvalue weighted by Crippen LogP contribution is 2.19. The standard InChI is InChI=1S/C22H58O6Si8/c1-21(2)22(23)24-13-12-14-29-26-34(6,7)19-16-31-28-36(10,11)20-17-32-27-35(8,9)18-15-30-25-33(3,4)5/h1,12-20,29-32H2,2-11H3. The lowest BCUT2D eigenvalue weighted by Crippen LogP contribution is -2.36. The summed E-state index contributed by atoms with van der Waals surface area (Å²) in [7, 11) is -7.75. The van der Waals surface area contributed by atoms with Crippen molar-refractivity contribution < 1.29 is 26.0 Å². The van der Waals surface area contributed by atoms with Crippen LogP contribution in [0, 0.1) is 0 Å². The lowest BCUT2D eigenvalue weighted by Gasteiger charge is -2.27.